The first-order chi connectivity index (χ1) is 19.8. The Hall–Kier alpha value is -3.49. The van der Waals surface area contributed by atoms with Gasteiger partial charge >= 0.3 is 11.9 Å². The molecule has 3 rings (SSSR count). The molecule has 14 heteroatoms. The number of hydrogen-bond acceptors (Lipinski definition) is 6. The maximum Gasteiger partial charge on any atom is 0.415 e. The number of nitrogens with one attached hydrogen (secondary N) is 2. The van der Waals surface area contributed by atoms with Gasteiger partial charge in [0.25, 0.3) is 11.1 Å². The third kappa shape index (κ3) is 7.36. The van der Waals surface area contributed by atoms with Gasteiger partial charge in [0.1, 0.15) is 12.1 Å². The Morgan fingerprint density at radius 3 is 2.14 bits per heavy atom. The summed E-state index contributed by atoms with van der Waals surface area (Å²) in [6, 6.07) is 8.36. The summed E-state index contributed by atoms with van der Waals surface area (Å²) in [5.41, 5.74) is -2.40. The average Bonchev–Trinajstić information content (AvgIpc) is 2.89. The van der Waals surface area contributed by atoms with Crippen LogP contribution in [0.3, 0.4) is 0 Å². The first kappa shape index (κ1) is 34.0. The molecule has 43 heavy (non-hydrogen) atoms. The Labute approximate surface area is 248 Å². The Bertz CT molecular complexity index is 1620. The molecule has 236 valence electrons. The number of carbonyl (C=O) groups excluding carboxylic acids is 1. The number of rotatable bonds is 10. The van der Waals surface area contributed by atoms with Crippen molar-refractivity contribution in [1.29, 1.82) is 0 Å². The van der Waals surface area contributed by atoms with Gasteiger partial charge in [0.15, 0.2) is 20.6 Å². The van der Waals surface area contributed by atoms with Gasteiger partial charge in [0, 0.05) is 18.9 Å². The highest BCUT2D eigenvalue weighted by Gasteiger charge is 2.52. The summed E-state index contributed by atoms with van der Waals surface area (Å²) in [6.45, 7) is 11.3. The molecule has 3 atom stereocenters. The van der Waals surface area contributed by atoms with Crippen LogP contribution in [0.15, 0.2) is 57.0 Å². The molecule has 3 aromatic rings. The summed E-state index contributed by atoms with van der Waals surface area (Å²) in [7, 11) is -1.57. The molecule has 0 bridgehead atoms. The molecule has 2 N–H and O–H groups in total. The summed E-state index contributed by atoms with van der Waals surface area (Å²) in [5.74, 6) is -1.53. The average molecular weight is 625 g/mol. The smallest absolute Gasteiger partial charge is 0.404 e. The van der Waals surface area contributed by atoms with Gasteiger partial charge in [-0.15, -0.1) is 0 Å². The van der Waals surface area contributed by atoms with Gasteiger partial charge in [0.2, 0.25) is 5.91 Å². The van der Waals surface area contributed by atoms with Crippen LogP contribution in [0, 0.1) is 5.92 Å². The fourth-order valence-electron chi connectivity index (χ4n) is 4.42. The second-order valence-electron chi connectivity index (χ2n) is 12.3. The van der Waals surface area contributed by atoms with E-state index in [1.807, 2.05) is 20.8 Å². The molecular formula is C29H39F3N4O6Si. The van der Waals surface area contributed by atoms with E-state index in [0.29, 0.717) is 5.56 Å². The molecule has 0 aliphatic heterocycles. The number of nitrogens with zero attached hydrogens (tertiary/aromatic N) is 2. The van der Waals surface area contributed by atoms with Crippen molar-refractivity contribution < 1.29 is 27.1 Å². The highest BCUT2D eigenvalue weighted by Crippen LogP contribution is 2.41. The van der Waals surface area contributed by atoms with Crippen molar-refractivity contribution in [1.82, 2.24) is 19.4 Å². The van der Waals surface area contributed by atoms with Gasteiger partial charge in [-0.3, -0.25) is 14.4 Å². The number of alkyl halides is 3. The summed E-state index contributed by atoms with van der Waals surface area (Å²) in [4.78, 5) is 55.0. The zero-order valence-corrected chi connectivity index (χ0v) is 26.5. The van der Waals surface area contributed by atoms with Crippen molar-refractivity contribution >= 4 is 25.1 Å². The van der Waals surface area contributed by atoms with Crippen LogP contribution in [0.4, 0.5) is 13.2 Å². The van der Waals surface area contributed by atoms with Crippen molar-refractivity contribution in [2.75, 3.05) is 7.11 Å². The summed E-state index contributed by atoms with van der Waals surface area (Å²) in [5, 5.41) is 1.78. The van der Waals surface area contributed by atoms with Crippen molar-refractivity contribution in [3.8, 4) is 0 Å². The molecule has 3 unspecified atom stereocenters. The third-order valence-electron chi connectivity index (χ3n) is 7.84. The molecule has 1 aromatic carbocycles. The van der Waals surface area contributed by atoms with E-state index in [1.54, 1.807) is 57.3 Å². The van der Waals surface area contributed by atoms with Crippen LogP contribution >= 0.6 is 0 Å². The minimum Gasteiger partial charge on any atom is -0.404 e. The van der Waals surface area contributed by atoms with Crippen molar-refractivity contribution in [3.63, 3.8) is 0 Å². The van der Waals surface area contributed by atoms with Crippen LogP contribution in [0.25, 0.3) is 10.9 Å². The number of halogens is 3. The zero-order chi connectivity index (χ0) is 32.5. The molecule has 2 heterocycles. The predicted molar refractivity (Wildman–Crippen MR) is 160 cm³/mol. The van der Waals surface area contributed by atoms with Gasteiger partial charge in [-0.05, 0) is 30.1 Å². The summed E-state index contributed by atoms with van der Waals surface area (Å²) >= 11 is 0. The highest BCUT2D eigenvalue weighted by atomic mass is 28.4. The first-order valence-corrected chi connectivity index (χ1v) is 16.7. The van der Waals surface area contributed by atoms with E-state index in [4.69, 9.17) is 9.16 Å². The number of fused-ring (bicyclic) bond motifs is 1. The third-order valence-corrected chi connectivity index (χ3v) is 12.3. The molecule has 0 fully saturated rings. The van der Waals surface area contributed by atoms with Crippen molar-refractivity contribution in [3.05, 3.63) is 79.4 Å². The molecule has 0 radical (unpaired) electrons. The molecule has 0 aliphatic carbocycles. The Kier molecular flexibility index (Phi) is 9.98. The minimum atomic E-state index is -4.77. The monoisotopic (exact) mass is 624 g/mol. The molecule has 1 amide bonds. The van der Waals surface area contributed by atoms with Crippen LogP contribution in [-0.4, -0.2) is 53.8 Å². The van der Waals surface area contributed by atoms with Crippen LogP contribution in [0.2, 0.25) is 18.1 Å². The van der Waals surface area contributed by atoms with Crippen LogP contribution < -0.4 is 22.1 Å². The van der Waals surface area contributed by atoms with E-state index in [2.05, 4.69) is 10.3 Å². The molecule has 0 aliphatic rings. The van der Waals surface area contributed by atoms with E-state index >= 15 is 0 Å². The Morgan fingerprint density at radius 1 is 1.02 bits per heavy atom. The largest absolute Gasteiger partial charge is 0.415 e. The lowest BCUT2D eigenvalue weighted by atomic mass is 9.98. The number of methoxy groups -OCH3 is 1. The van der Waals surface area contributed by atoms with E-state index < -0.39 is 73.1 Å². The number of pyridine rings is 1. The van der Waals surface area contributed by atoms with Gasteiger partial charge in [-0.1, -0.05) is 65.0 Å². The van der Waals surface area contributed by atoms with Crippen LogP contribution in [0.1, 0.15) is 46.4 Å². The second kappa shape index (κ2) is 12.6. The van der Waals surface area contributed by atoms with Crippen molar-refractivity contribution in [2.45, 2.75) is 83.8 Å². The Morgan fingerprint density at radius 2 is 1.63 bits per heavy atom. The maximum absolute atomic E-state index is 14.3. The molecule has 0 spiro atoms. The zero-order valence-electron chi connectivity index (χ0n) is 25.5. The minimum absolute atomic E-state index is 0.126. The van der Waals surface area contributed by atoms with Gasteiger partial charge in [0.05, 0.1) is 11.4 Å². The highest BCUT2D eigenvalue weighted by molar-refractivity contribution is 6.74. The van der Waals surface area contributed by atoms with E-state index in [1.165, 1.54) is 19.4 Å². The number of aromatic nitrogens is 3. The summed E-state index contributed by atoms with van der Waals surface area (Å²) in [6.07, 6.45) is -6.93. The maximum atomic E-state index is 14.3. The van der Waals surface area contributed by atoms with Gasteiger partial charge < -0.3 is 24.0 Å². The van der Waals surface area contributed by atoms with Gasteiger partial charge in [-0.25, -0.2) is 9.36 Å². The quantitative estimate of drug-likeness (QED) is 0.327. The van der Waals surface area contributed by atoms with Crippen molar-refractivity contribution in [2.24, 2.45) is 5.92 Å². The van der Waals surface area contributed by atoms with Crippen LogP contribution in [0.5, 0.6) is 0 Å². The fourth-order valence-corrected chi connectivity index (χ4v) is 5.69. The normalized spacial score (nSPS) is 15.0. The molecule has 2 aromatic heterocycles. The number of carbonyl (C=O) groups is 1. The number of hydrogen-bond donors (Lipinski definition) is 2. The molecular weight excluding hydrogens is 585 g/mol. The lowest BCUT2D eigenvalue weighted by molar-refractivity contribution is -0.210. The summed E-state index contributed by atoms with van der Waals surface area (Å²) < 4.78 is 55.8. The Balaban J connectivity index is 1.96. The van der Waals surface area contributed by atoms with Crippen LogP contribution in [-0.2, 0) is 20.5 Å². The van der Waals surface area contributed by atoms with E-state index in [9.17, 15) is 32.3 Å². The standard InChI is InChI=1S/C29H39F3N4O6Si/c1-17(2)21(23(29(30,31)32)42-43(7,8)28(3,4)5)33-20(37)16-35-15-14-19-22(25(35)39)34-27(40)36(24(19)38)26(41-6)18-12-10-9-11-13-18/h9-15,17,21,23,26H,16H2,1-8H3,(H,33,37)(H,34,40). The van der Waals surface area contributed by atoms with E-state index in [0.717, 1.165) is 9.13 Å². The molecule has 10 nitrogen and oxygen atoms in total. The predicted octanol–water partition coefficient (Wildman–Crippen LogP) is 4.14. The molecule has 0 saturated heterocycles. The fraction of sp³-hybridized carbons (Fsp3) is 0.517. The number of H-pyrrole nitrogens is 1. The van der Waals surface area contributed by atoms with Gasteiger partial charge in [-0.2, -0.15) is 13.2 Å². The molecule has 0 saturated carbocycles. The van der Waals surface area contributed by atoms with E-state index in [-0.39, 0.29) is 10.9 Å². The topological polar surface area (TPSA) is 124 Å². The number of amides is 1. The first-order valence-electron chi connectivity index (χ1n) is 13.8. The second-order valence-corrected chi connectivity index (χ2v) is 17.1. The number of aromatic amines is 1. The SMILES string of the molecule is COC(c1ccccc1)n1c(=O)[nH]c2c(=O)n(CC(=O)NC(C(C)C)C(O[Si](C)(C)C(C)(C)C)C(F)(F)F)ccc2c1=O. The lowest BCUT2D eigenvalue weighted by Crippen LogP contribution is -2.59. The number of ether oxygens (including phenoxy) is 1. The number of benzene rings is 1. The lowest BCUT2D eigenvalue weighted by Gasteiger charge is -2.42.